The molecule has 0 aliphatic heterocycles. The SMILES string of the molecule is C=CCc1cccc(C=NNC(=O)c2cc(-c3ccccc3)nc3ccccc23)c1O. The third kappa shape index (κ3) is 4.36. The molecule has 0 saturated heterocycles. The van der Waals surface area contributed by atoms with Gasteiger partial charge < -0.3 is 5.11 Å². The zero-order valence-electron chi connectivity index (χ0n) is 16.8. The molecule has 0 spiro atoms. The molecule has 0 aliphatic rings. The molecule has 0 saturated carbocycles. The van der Waals surface area contributed by atoms with Gasteiger partial charge in [-0.15, -0.1) is 6.58 Å². The molecule has 1 amide bonds. The van der Waals surface area contributed by atoms with E-state index >= 15 is 0 Å². The van der Waals surface area contributed by atoms with E-state index in [9.17, 15) is 9.90 Å². The first-order chi connectivity index (χ1) is 15.2. The van der Waals surface area contributed by atoms with Gasteiger partial charge in [-0.1, -0.05) is 66.7 Å². The molecule has 152 valence electrons. The van der Waals surface area contributed by atoms with Crippen LogP contribution in [0.2, 0.25) is 0 Å². The first-order valence-electron chi connectivity index (χ1n) is 9.87. The smallest absolute Gasteiger partial charge is 0.272 e. The molecule has 31 heavy (non-hydrogen) atoms. The average molecular weight is 407 g/mol. The Bertz CT molecular complexity index is 1280. The van der Waals surface area contributed by atoms with Crippen LogP contribution < -0.4 is 5.43 Å². The fraction of sp³-hybridized carbons (Fsp3) is 0.0385. The second-order valence-corrected chi connectivity index (χ2v) is 6.99. The summed E-state index contributed by atoms with van der Waals surface area (Å²) in [5, 5.41) is 15.1. The monoisotopic (exact) mass is 407 g/mol. The van der Waals surface area contributed by atoms with Crippen LogP contribution in [0.3, 0.4) is 0 Å². The van der Waals surface area contributed by atoms with E-state index < -0.39 is 0 Å². The van der Waals surface area contributed by atoms with Gasteiger partial charge in [0.05, 0.1) is 23.0 Å². The molecule has 4 aromatic rings. The molecule has 0 atom stereocenters. The summed E-state index contributed by atoms with van der Waals surface area (Å²) in [6.07, 6.45) is 3.70. The van der Waals surface area contributed by atoms with Crippen LogP contribution >= 0.6 is 0 Å². The first kappa shape index (κ1) is 20.0. The molecule has 3 aromatic carbocycles. The highest BCUT2D eigenvalue weighted by Crippen LogP contribution is 2.25. The van der Waals surface area contributed by atoms with Crippen molar-refractivity contribution in [2.45, 2.75) is 6.42 Å². The summed E-state index contributed by atoms with van der Waals surface area (Å²) in [6, 6.07) is 24.4. The number of aromatic hydroxyl groups is 1. The normalized spacial score (nSPS) is 11.0. The number of para-hydroxylation sites is 2. The molecule has 0 radical (unpaired) electrons. The maximum absolute atomic E-state index is 13.0. The summed E-state index contributed by atoms with van der Waals surface area (Å²) in [5.74, 6) is -0.227. The molecule has 0 unspecified atom stereocenters. The Kier molecular flexibility index (Phi) is 5.85. The van der Waals surface area contributed by atoms with E-state index in [4.69, 9.17) is 4.98 Å². The minimum Gasteiger partial charge on any atom is -0.507 e. The molecule has 4 rings (SSSR count). The van der Waals surface area contributed by atoms with E-state index in [1.165, 1.54) is 6.21 Å². The van der Waals surface area contributed by atoms with Crippen LogP contribution in [0.25, 0.3) is 22.2 Å². The molecule has 5 heteroatoms. The Morgan fingerprint density at radius 3 is 2.61 bits per heavy atom. The van der Waals surface area contributed by atoms with Gasteiger partial charge in [-0.05, 0) is 30.2 Å². The van der Waals surface area contributed by atoms with E-state index in [-0.39, 0.29) is 11.7 Å². The minimum absolute atomic E-state index is 0.126. The van der Waals surface area contributed by atoms with Gasteiger partial charge >= 0.3 is 0 Å². The molecule has 0 bridgehead atoms. The second kappa shape index (κ2) is 9.05. The number of hydrogen-bond acceptors (Lipinski definition) is 4. The third-order valence-electron chi connectivity index (χ3n) is 4.92. The molecule has 5 nitrogen and oxygen atoms in total. The van der Waals surface area contributed by atoms with Gasteiger partial charge in [-0.2, -0.15) is 5.10 Å². The quantitative estimate of drug-likeness (QED) is 0.265. The number of nitrogens with one attached hydrogen (secondary N) is 1. The molecular weight excluding hydrogens is 386 g/mol. The van der Waals surface area contributed by atoms with Gasteiger partial charge in [-0.25, -0.2) is 10.4 Å². The topological polar surface area (TPSA) is 74.6 Å². The van der Waals surface area contributed by atoms with Crippen LogP contribution in [0, 0.1) is 0 Å². The summed E-state index contributed by atoms with van der Waals surface area (Å²) in [4.78, 5) is 17.7. The molecule has 1 aromatic heterocycles. The number of allylic oxidation sites excluding steroid dienone is 1. The Hall–Kier alpha value is -4.25. The summed E-state index contributed by atoms with van der Waals surface area (Å²) in [6.45, 7) is 3.69. The Labute approximate surface area is 180 Å². The van der Waals surface area contributed by atoms with Crippen LogP contribution in [0.15, 0.2) is 96.6 Å². The van der Waals surface area contributed by atoms with Gasteiger partial charge in [0.2, 0.25) is 0 Å². The number of carbonyl (C=O) groups is 1. The number of aromatic nitrogens is 1. The number of pyridine rings is 1. The van der Waals surface area contributed by atoms with Crippen molar-refractivity contribution in [2.75, 3.05) is 0 Å². The maximum atomic E-state index is 13.0. The van der Waals surface area contributed by atoms with Gasteiger partial charge in [0.15, 0.2) is 0 Å². The Morgan fingerprint density at radius 1 is 1.03 bits per heavy atom. The highest BCUT2D eigenvalue weighted by Gasteiger charge is 2.13. The first-order valence-corrected chi connectivity index (χ1v) is 9.87. The number of rotatable bonds is 6. The molecule has 0 aliphatic carbocycles. The minimum atomic E-state index is -0.353. The van der Waals surface area contributed by atoms with Crippen LogP contribution in [0.4, 0.5) is 0 Å². The van der Waals surface area contributed by atoms with Crippen molar-refractivity contribution in [3.8, 4) is 17.0 Å². The van der Waals surface area contributed by atoms with Crippen LogP contribution in [0.1, 0.15) is 21.5 Å². The van der Waals surface area contributed by atoms with E-state index in [1.807, 2.05) is 66.7 Å². The fourth-order valence-electron chi connectivity index (χ4n) is 3.38. The number of hydrogen-bond donors (Lipinski definition) is 2. The fourth-order valence-corrected chi connectivity index (χ4v) is 3.38. The van der Waals surface area contributed by atoms with Crippen molar-refractivity contribution in [2.24, 2.45) is 5.10 Å². The van der Waals surface area contributed by atoms with Gasteiger partial charge in [0.25, 0.3) is 5.91 Å². The van der Waals surface area contributed by atoms with Crippen molar-refractivity contribution in [1.82, 2.24) is 10.4 Å². The predicted octanol–water partition coefficient (Wildman–Crippen LogP) is 5.10. The number of nitrogens with zero attached hydrogens (tertiary/aromatic N) is 2. The van der Waals surface area contributed by atoms with Gasteiger partial charge in [0.1, 0.15) is 5.75 Å². The number of phenols is 1. The van der Waals surface area contributed by atoms with E-state index in [0.717, 1.165) is 22.0 Å². The maximum Gasteiger partial charge on any atom is 0.272 e. The van der Waals surface area contributed by atoms with Gasteiger partial charge in [-0.3, -0.25) is 4.79 Å². The summed E-state index contributed by atoms with van der Waals surface area (Å²) in [7, 11) is 0. The van der Waals surface area contributed by atoms with Crippen LogP contribution in [0.5, 0.6) is 5.75 Å². The lowest BCUT2D eigenvalue weighted by atomic mass is 10.0. The van der Waals surface area contributed by atoms with E-state index in [0.29, 0.717) is 23.2 Å². The lowest BCUT2D eigenvalue weighted by Gasteiger charge is -2.09. The lowest BCUT2D eigenvalue weighted by Crippen LogP contribution is -2.18. The highest BCUT2D eigenvalue weighted by atomic mass is 16.3. The summed E-state index contributed by atoms with van der Waals surface area (Å²) >= 11 is 0. The number of carbonyl (C=O) groups excluding carboxylic acids is 1. The highest BCUT2D eigenvalue weighted by molar-refractivity contribution is 6.07. The molecule has 0 fully saturated rings. The number of phenolic OH excluding ortho intramolecular Hbond substituents is 1. The number of hydrazone groups is 1. The molecular formula is C26H21N3O2. The zero-order valence-corrected chi connectivity index (χ0v) is 16.8. The van der Waals surface area contributed by atoms with Crippen LogP contribution in [-0.4, -0.2) is 22.2 Å². The second-order valence-electron chi connectivity index (χ2n) is 6.99. The van der Waals surface area contributed by atoms with Gasteiger partial charge in [0, 0.05) is 16.5 Å². The largest absolute Gasteiger partial charge is 0.507 e. The molecule has 2 N–H and O–H groups in total. The third-order valence-corrected chi connectivity index (χ3v) is 4.92. The molecule has 1 heterocycles. The summed E-state index contributed by atoms with van der Waals surface area (Å²) in [5.41, 5.74) is 6.68. The standard InChI is InChI=1S/C26H21N3O2/c1-2-9-19-12-8-13-20(25(19)30)17-27-29-26(31)22-16-24(18-10-4-3-5-11-18)28-23-15-7-6-14-21(22)23/h2-8,10-17,30H,1,9H2,(H,29,31). The van der Waals surface area contributed by atoms with E-state index in [2.05, 4.69) is 17.1 Å². The van der Waals surface area contributed by atoms with E-state index in [1.54, 1.807) is 18.2 Å². The van der Waals surface area contributed by atoms with Crippen molar-refractivity contribution in [3.63, 3.8) is 0 Å². The zero-order chi connectivity index (χ0) is 21.6. The lowest BCUT2D eigenvalue weighted by molar-refractivity contribution is 0.0956. The number of fused-ring (bicyclic) bond motifs is 1. The Balaban J connectivity index is 1.64. The van der Waals surface area contributed by atoms with Crippen LogP contribution in [-0.2, 0) is 6.42 Å². The van der Waals surface area contributed by atoms with Crippen molar-refractivity contribution < 1.29 is 9.90 Å². The average Bonchev–Trinajstić information content (AvgIpc) is 2.81. The number of benzene rings is 3. The van der Waals surface area contributed by atoms with Crippen molar-refractivity contribution >= 4 is 23.0 Å². The van der Waals surface area contributed by atoms with Crippen molar-refractivity contribution in [3.05, 3.63) is 108 Å². The Morgan fingerprint density at radius 2 is 1.81 bits per heavy atom. The summed E-state index contributed by atoms with van der Waals surface area (Å²) < 4.78 is 0. The number of amides is 1. The predicted molar refractivity (Wildman–Crippen MR) is 124 cm³/mol. The van der Waals surface area contributed by atoms with Crippen molar-refractivity contribution in [1.29, 1.82) is 0 Å².